The molecule has 0 unspecified atom stereocenters. The zero-order valence-electron chi connectivity index (χ0n) is 7.56. The van der Waals surface area contributed by atoms with Crippen LogP contribution in [0.1, 0.15) is 6.42 Å². The Morgan fingerprint density at radius 1 is 1.00 bits per heavy atom. The molecule has 0 aromatic heterocycles. The fraction of sp³-hybridized carbons (Fsp3) is 1.00. The first-order valence-electron chi connectivity index (χ1n) is 4.30. The van der Waals surface area contributed by atoms with Crippen LogP contribution in [0.5, 0.6) is 0 Å². The highest BCUT2D eigenvalue weighted by Gasteiger charge is 2.55. The predicted octanol–water partition coefficient (Wildman–Crippen LogP) is -1.18. The molecule has 0 radical (unpaired) electrons. The molecule has 0 aliphatic carbocycles. The summed E-state index contributed by atoms with van der Waals surface area (Å²) in [7, 11) is 0. The van der Waals surface area contributed by atoms with Gasteiger partial charge in [-0.05, 0) is 19.5 Å². The van der Waals surface area contributed by atoms with Gasteiger partial charge in [-0.25, -0.2) is 0 Å². The number of nitrogens with one attached hydrogen (secondary N) is 2. The second kappa shape index (κ2) is 4.29. The maximum atomic E-state index is 10.7. The van der Waals surface area contributed by atoms with Gasteiger partial charge in [-0.15, -0.1) is 0 Å². The molecule has 0 bridgehead atoms. The van der Waals surface area contributed by atoms with Crippen LogP contribution in [0.25, 0.3) is 0 Å². The Morgan fingerprint density at radius 3 is 1.79 bits per heavy atom. The molecule has 8 heteroatoms. The quantitative estimate of drug-likeness (QED) is 0.333. The van der Waals surface area contributed by atoms with E-state index in [2.05, 4.69) is 10.6 Å². The van der Waals surface area contributed by atoms with Crippen LogP contribution >= 0.6 is 0 Å². The third-order valence-electron chi connectivity index (χ3n) is 2.20. The molecule has 0 amide bonds. The minimum Gasteiger partial charge on any atom is -0.304 e. The van der Waals surface area contributed by atoms with Crippen molar-refractivity contribution in [2.45, 2.75) is 12.1 Å². The van der Waals surface area contributed by atoms with E-state index < -0.39 is 15.5 Å². The van der Waals surface area contributed by atoms with Crippen LogP contribution in [0.15, 0.2) is 0 Å². The minimum absolute atomic E-state index is 0.236. The van der Waals surface area contributed by atoms with Crippen LogP contribution in [-0.4, -0.2) is 41.7 Å². The Hall–Kier alpha value is -1.28. The fourth-order valence-electron chi connectivity index (χ4n) is 1.30. The Bertz CT molecular complexity index is 220. The monoisotopic (exact) mass is 204 g/mol. The summed E-state index contributed by atoms with van der Waals surface area (Å²) >= 11 is 0. The van der Waals surface area contributed by atoms with Crippen molar-refractivity contribution in [2.24, 2.45) is 0 Å². The first-order valence-corrected chi connectivity index (χ1v) is 4.30. The zero-order valence-corrected chi connectivity index (χ0v) is 7.56. The van der Waals surface area contributed by atoms with Crippen LogP contribution in [0.2, 0.25) is 0 Å². The molecule has 2 N–H and O–H groups in total. The van der Waals surface area contributed by atoms with Crippen molar-refractivity contribution in [3.8, 4) is 0 Å². The van der Waals surface area contributed by atoms with E-state index in [4.69, 9.17) is 0 Å². The molecule has 0 aromatic rings. The summed E-state index contributed by atoms with van der Waals surface area (Å²) in [5, 5.41) is 26.8. The average molecular weight is 204 g/mol. The normalized spacial score (nSPS) is 22.0. The standard InChI is InChI=1S/C6H12N4O4/c11-9(12)6(10(13)14)4-7-2-1-3-8-5-6/h7-8H,1-5H2. The third kappa shape index (κ3) is 1.96. The van der Waals surface area contributed by atoms with Gasteiger partial charge in [-0.1, -0.05) is 0 Å². The number of nitro groups is 2. The lowest BCUT2D eigenvalue weighted by Gasteiger charge is -2.20. The molecule has 1 aliphatic heterocycles. The summed E-state index contributed by atoms with van der Waals surface area (Å²) in [6.07, 6.45) is 0.811. The number of hydrogen-bond donors (Lipinski definition) is 2. The van der Waals surface area contributed by atoms with Crippen LogP contribution in [0.3, 0.4) is 0 Å². The maximum Gasteiger partial charge on any atom is 0.482 e. The van der Waals surface area contributed by atoms with E-state index in [9.17, 15) is 20.2 Å². The van der Waals surface area contributed by atoms with Gasteiger partial charge >= 0.3 is 5.66 Å². The number of nitrogens with zero attached hydrogens (tertiary/aromatic N) is 2. The van der Waals surface area contributed by atoms with Gasteiger partial charge in [0.2, 0.25) is 0 Å². The Kier molecular flexibility index (Phi) is 3.31. The van der Waals surface area contributed by atoms with Crippen LogP contribution in [0.4, 0.5) is 0 Å². The lowest BCUT2D eigenvalue weighted by atomic mass is 10.1. The molecule has 8 nitrogen and oxygen atoms in total. The summed E-state index contributed by atoms with van der Waals surface area (Å²) in [6.45, 7) is 0.632. The van der Waals surface area contributed by atoms with Gasteiger partial charge in [-0.3, -0.25) is 20.2 Å². The summed E-state index contributed by atoms with van der Waals surface area (Å²) < 4.78 is 0. The summed E-state index contributed by atoms with van der Waals surface area (Å²) in [5.41, 5.74) is -2.12. The van der Waals surface area contributed by atoms with E-state index in [0.29, 0.717) is 13.1 Å². The number of hydrogen-bond acceptors (Lipinski definition) is 6. The molecule has 1 aliphatic rings. The van der Waals surface area contributed by atoms with Crippen molar-refractivity contribution >= 4 is 0 Å². The Morgan fingerprint density at radius 2 is 1.43 bits per heavy atom. The Labute approximate surface area is 80.0 Å². The molecule has 0 aromatic carbocycles. The van der Waals surface area contributed by atoms with E-state index in [0.717, 1.165) is 6.42 Å². The molecule has 0 saturated carbocycles. The van der Waals surface area contributed by atoms with Gasteiger partial charge in [-0.2, -0.15) is 0 Å². The molecule has 0 atom stereocenters. The van der Waals surface area contributed by atoms with E-state index in [1.54, 1.807) is 0 Å². The highest BCUT2D eigenvalue weighted by atomic mass is 16.7. The molecular weight excluding hydrogens is 192 g/mol. The predicted molar refractivity (Wildman–Crippen MR) is 47.1 cm³/mol. The zero-order chi connectivity index (χ0) is 10.6. The van der Waals surface area contributed by atoms with Gasteiger partial charge in [0.15, 0.2) is 0 Å². The number of rotatable bonds is 2. The minimum atomic E-state index is -2.12. The second-order valence-corrected chi connectivity index (χ2v) is 3.20. The van der Waals surface area contributed by atoms with E-state index >= 15 is 0 Å². The molecule has 1 rings (SSSR count). The van der Waals surface area contributed by atoms with Gasteiger partial charge < -0.3 is 10.6 Å². The van der Waals surface area contributed by atoms with Crippen molar-refractivity contribution in [3.63, 3.8) is 0 Å². The van der Waals surface area contributed by atoms with Crippen molar-refractivity contribution in [1.82, 2.24) is 10.6 Å². The molecule has 80 valence electrons. The first-order chi connectivity index (χ1) is 6.59. The molecule has 1 saturated heterocycles. The van der Waals surface area contributed by atoms with E-state index in [-0.39, 0.29) is 13.1 Å². The molecule has 1 fully saturated rings. The first kappa shape index (κ1) is 10.8. The summed E-state index contributed by atoms with van der Waals surface area (Å²) in [5.74, 6) is 0. The highest BCUT2D eigenvalue weighted by Crippen LogP contribution is 2.10. The highest BCUT2D eigenvalue weighted by molar-refractivity contribution is 4.76. The van der Waals surface area contributed by atoms with Gasteiger partial charge in [0.25, 0.3) is 0 Å². The smallest absolute Gasteiger partial charge is 0.304 e. The Balaban J connectivity index is 2.81. The van der Waals surface area contributed by atoms with Crippen molar-refractivity contribution < 1.29 is 9.85 Å². The second-order valence-electron chi connectivity index (χ2n) is 3.20. The van der Waals surface area contributed by atoms with Crippen molar-refractivity contribution in [3.05, 3.63) is 20.2 Å². The van der Waals surface area contributed by atoms with Gasteiger partial charge in [0, 0.05) is 0 Å². The molecular formula is C6H12N4O4. The SMILES string of the molecule is O=[N+]([O-])C1([N+](=O)[O-])CNCCCNC1. The van der Waals surface area contributed by atoms with Crippen molar-refractivity contribution in [2.75, 3.05) is 26.2 Å². The van der Waals surface area contributed by atoms with E-state index in [1.807, 2.05) is 0 Å². The van der Waals surface area contributed by atoms with E-state index in [1.165, 1.54) is 0 Å². The average Bonchev–Trinajstić information content (AvgIpc) is 2.02. The topological polar surface area (TPSA) is 110 Å². The van der Waals surface area contributed by atoms with Crippen LogP contribution in [0, 0.1) is 20.2 Å². The maximum absolute atomic E-state index is 10.7. The summed E-state index contributed by atoms with van der Waals surface area (Å²) in [6, 6.07) is 0. The molecule has 14 heavy (non-hydrogen) atoms. The lowest BCUT2D eigenvalue weighted by molar-refractivity contribution is -0.791. The molecule has 1 heterocycles. The van der Waals surface area contributed by atoms with Crippen molar-refractivity contribution in [1.29, 1.82) is 0 Å². The summed E-state index contributed by atoms with van der Waals surface area (Å²) in [4.78, 5) is 19.7. The fourth-order valence-corrected chi connectivity index (χ4v) is 1.30. The largest absolute Gasteiger partial charge is 0.482 e. The van der Waals surface area contributed by atoms with Crippen LogP contribution in [-0.2, 0) is 0 Å². The third-order valence-corrected chi connectivity index (χ3v) is 2.20. The van der Waals surface area contributed by atoms with Gasteiger partial charge in [0.1, 0.15) is 22.9 Å². The molecule has 0 spiro atoms. The van der Waals surface area contributed by atoms with Gasteiger partial charge in [0.05, 0.1) is 0 Å². The lowest BCUT2D eigenvalue weighted by Crippen LogP contribution is -2.61. The van der Waals surface area contributed by atoms with Crippen LogP contribution < -0.4 is 10.6 Å².